The number of hydrogen-bond acceptors (Lipinski definition) is 1. The number of rotatable bonds is 3. The fraction of sp³-hybridized carbons (Fsp3) is 0.364. The van der Waals surface area contributed by atoms with E-state index in [1.165, 1.54) is 6.07 Å². The Bertz CT molecular complexity index is 390. The Labute approximate surface area is 96.2 Å². The van der Waals surface area contributed by atoms with E-state index in [4.69, 9.17) is 5.11 Å². The minimum atomic E-state index is -0.838. The summed E-state index contributed by atoms with van der Waals surface area (Å²) in [6.07, 6.45) is 0.417. The molecule has 1 aromatic rings. The van der Waals surface area contributed by atoms with Gasteiger partial charge in [0.25, 0.3) is 0 Å². The topological polar surface area (TPSA) is 37.3 Å². The highest BCUT2D eigenvalue weighted by Crippen LogP contribution is 2.22. The molecular weight excluding hydrogens is 263 g/mol. The first-order chi connectivity index (χ1) is 6.91. The summed E-state index contributed by atoms with van der Waals surface area (Å²) in [5.74, 6) is -1.62. The van der Waals surface area contributed by atoms with Gasteiger partial charge in [0.15, 0.2) is 0 Å². The Morgan fingerprint density at radius 1 is 1.60 bits per heavy atom. The third-order valence-corrected chi connectivity index (χ3v) is 2.93. The molecule has 1 aromatic carbocycles. The highest BCUT2D eigenvalue weighted by Gasteiger charge is 2.14. The molecule has 1 N–H and O–H groups in total. The fourth-order valence-corrected chi connectivity index (χ4v) is 1.72. The van der Waals surface area contributed by atoms with Crippen LogP contribution in [0.25, 0.3) is 0 Å². The van der Waals surface area contributed by atoms with Crippen LogP contribution in [-0.4, -0.2) is 11.1 Å². The molecule has 15 heavy (non-hydrogen) atoms. The zero-order valence-corrected chi connectivity index (χ0v) is 10.1. The average molecular weight is 275 g/mol. The smallest absolute Gasteiger partial charge is 0.306 e. The SMILES string of the molecule is Cc1cc(F)c(Br)cc1CC(C)C(=O)O. The summed E-state index contributed by atoms with van der Waals surface area (Å²) in [4.78, 5) is 10.7. The third-order valence-electron chi connectivity index (χ3n) is 2.33. The zero-order valence-electron chi connectivity index (χ0n) is 8.55. The van der Waals surface area contributed by atoms with E-state index in [2.05, 4.69) is 15.9 Å². The number of aryl methyl sites for hydroxylation is 1. The standard InChI is InChI=1S/C11H12BrFO2/c1-6-4-10(13)9(12)5-8(6)3-7(2)11(14)15/h4-5,7H,3H2,1-2H3,(H,14,15). The monoisotopic (exact) mass is 274 g/mol. The molecule has 2 nitrogen and oxygen atoms in total. The predicted molar refractivity (Wildman–Crippen MR) is 59.3 cm³/mol. The van der Waals surface area contributed by atoms with Crippen molar-refractivity contribution in [3.05, 3.63) is 33.5 Å². The van der Waals surface area contributed by atoms with Crippen LogP contribution in [0.5, 0.6) is 0 Å². The Morgan fingerprint density at radius 2 is 2.20 bits per heavy atom. The van der Waals surface area contributed by atoms with Gasteiger partial charge in [0, 0.05) is 0 Å². The van der Waals surface area contributed by atoms with E-state index >= 15 is 0 Å². The third kappa shape index (κ3) is 3.02. The maximum atomic E-state index is 13.1. The van der Waals surface area contributed by atoms with Crippen LogP contribution in [0.3, 0.4) is 0 Å². The maximum absolute atomic E-state index is 13.1. The molecule has 4 heteroatoms. The number of halogens is 2. The van der Waals surface area contributed by atoms with Crippen molar-refractivity contribution in [2.75, 3.05) is 0 Å². The first kappa shape index (κ1) is 12.2. The van der Waals surface area contributed by atoms with Crippen LogP contribution in [0.4, 0.5) is 4.39 Å². The van der Waals surface area contributed by atoms with Gasteiger partial charge in [-0.1, -0.05) is 6.92 Å². The fourth-order valence-electron chi connectivity index (χ4n) is 1.32. The van der Waals surface area contributed by atoms with E-state index in [1.807, 2.05) is 0 Å². The molecular formula is C11H12BrFO2. The van der Waals surface area contributed by atoms with Crippen molar-refractivity contribution in [3.63, 3.8) is 0 Å². The minimum Gasteiger partial charge on any atom is -0.481 e. The molecule has 0 saturated carbocycles. The summed E-state index contributed by atoms with van der Waals surface area (Å²) < 4.78 is 13.5. The number of hydrogen-bond donors (Lipinski definition) is 1. The van der Waals surface area contributed by atoms with Gasteiger partial charge in [-0.25, -0.2) is 4.39 Å². The predicted octanol–water partition coefficient (Wildman–Crippen LogP) is 3.16. The molecule has 1 rings (SSSR count). The quantitative estimate of drug-likeness (QED) is 0.920. The summed E-state index contributed by atoms with van der Waals surface area (Å²) >= 11 is 3.08. The van der Waals surface area contributed by atoms with E-state index in [-0.39, 0.29) is 5.82 Å². The van der Waals surface area contributed by atoms with Crippen LogP contribution in [-0.2, 0) is 11.2 Å². The number of aliphatic carboxylic acids is 1. The van der Waals surface area contributed by atoms with Crippen LogP contribution in [0.1, 0.15) is 18.1 Å². The van der Waals surface area contributed by atoms with Gasteiger partial charge in [0.2, 0.25) is 0 Å². The van der Waals surface area contributed by atoms with Crippen molar-refractivity contribution >= 4 is 21.9 Å². The lowest BCUT2D eigenvalue weighted by atomic mass is 9.97. The number of benzene rings is 1. The Kier molecular flexibility index (Phi) is 3.85. The van der Waals surface area contributed by atoms with Crippen LogP contribution < -0.4 is 0 Å². The molecule has 0 aromatic heterocycles. The van der Waals surface area contributed by atoms with Crippen LogP contribution in [0.2, 0.25) is 0 Å². The molecule has 1 unspecified atom stereocenters. The Balaban J connectivity index is 2.95. The van der Waals surface area contributed by atoms with E-state index < -0.39 is 11.9 Å². The average Bonchev–Trinajstić information content (AvgIpc) is 2.13. The molecule has 0 aliphatic heterocycles. The van der Waals surface area contributed by atoms with Crippen molar-refractivity contribution in [1.82, 2.24) is 0 Å². The van der Waals surface area contributed by atoms with Crippen molar-refractivity contribution in [1.29, 1.82) is 0 Å². The van der Waals surface area contributed by atoms with E-state index in [0.29, 0.717) is 10.9 Å². The summed E-state index contributed by atoms with van der Waals surface area (Å²) in [6, 6.07) is 3.05. The van der Waals surface area contributed by atoms with E-state index in [9.17, 15) is 9.18 Å². The number of carboxylic acids is 1. The van der Waals surface area contributed by atoms with Gasteiger partial charge in [-0.3, -0.25) is 4.79 Å². The molecule has 0 saturated heterocycles. The first-order valence-corrected chi connectivity index (χ1v) is 5.38. The van der Waals surface area contributed by atoms with Crippen molar-refractivity contribution < 1.29 is 14.3 Å². The molecule has 0 heterocycles. The summed E-state index contributed by atoms with van der Waals surface area (Å²) in [7, 11) is 0. The number of carbonyl (C=O) groups is 1. The zero-order chi connectivity index (χ0) is 11.6. The lowest BCUT2D eigenvalue weighted by Crippen LogP contribution is -2.13. The van der Waals surface area contributed by atoms with Crippen LogP contribution in [0.15, 0.2) is 16.6 Å². The van der Waals surface area contributed by atoms with Crippen molar-refractivity contribution in [3.8, 4) is 0 Å². The normalized spacial score (nSPS) is 12.5. The van der Waals surface area contributed by atoms with Gasteiger partial charge in [0.05, 0.1) is 10.4 Å². The molecule has 0 fully saturated rings. The van der Waals surface area contributed by atoms with Gasteiger partial charge < -0.3 is 5.11 Å². The second-order valence-corrected chi connectivity index (χ2v) is 4.49. The molecule has 1 atom stereocenters. The summed E-state index contributed by atoms with van der Waals surface area (Å²) in [6.45, 7) is 3.42. The molecule has 82 valence electrons. The largest absolute Gasteiger partial charge is 0.481 e. The number of carboxylic acid groups (broad SMARTS) is 1. The van der Waals surface area contributed by atoms with Crippen LogP contribution >= 0.6 is 15.9 Å². The van der Waals surface area contributed by atoms with E-state index in [0.717, 1.165) is 11.1 Å². The van der Waals surface area contributed by atoms with Crippen molar-refractivity contribution in [2.45, 2.75) is 20.3 Å². The molecule has 0 bridgehead atoms. The highest BCUT2D eigenvalue weighted by atomic mass is 79.9. The minimum absolute atomic E-state index is 0.320. The molecule has 0 amide bonds. The Hall–Kier alpha value is -0.900. The van der Waals surface area contributed by atoms with Gasteiger partial charge in [-0.05, 0) is 52.5 Å². The van der Waals surface area contributed by atoms with Gasteiger partial charge >= 0.3 is 5.97 Å². The lowest BCUT2D eigenvalue weighted by Gasteiger charge is -2.10. The summed E-state index contributed by atoms with van der Waals surface area (Å²) in [5.41, 5.74) is 1.64. The second-order valence-electron chi connectivity index (χ2n) is 3.64. The van der Waals surface area contributed by atoms with Crippen LogP contribution in [0, 0.1) is 18.7 Å². The lowest BCUT2D eigenvalue weighted by molar-refractivity contribution is -0.141. The maximum Gasteiger partial charge on any atom is 0.306 e. The van der Waals surface area contributed by atoms with Gasteiger partial charge in [-0.15, -0.1) is 0 Å². The highest BCUT2D eigenvalue weighted by molar-refractivity contribution is 9.10. The Morgan fingerprint density at radius 3 is 2.73 bits per heavy atom. The first-order valence-electron chi connectivity index (χ1n) is 4.59. The van der Waals surface area contributed by atoms with Gasteiger partial charge in [-0.2, -0.15) is 0 Å². The van der Waals surface area contributed by atoms with Gasteiger partial charge in [0.1, 0.15) is 5.82 Å². The second kappa shape index (κ2) is 4.75. The molecule has 0 radical (unpaired) electrons. The van der Waals surface area contributed by atoms with Crippen molar-refractivity contribution in [2.24, 2.45) is 5.92 Å². The summed E-state index contributed by atoms with van der Waals surface area (Å²) in [5, 5.41) is 8.77. The van der Waals surface area contributed by atoms with E-state index in [1.54, 1.807) is 19.9 Å². The molecule has 0 aliphatic rings. The molecule has 0 spiro atoms. The molecule has 0 aliphatic carbocycles.